The molecule has 0 aromatic rings. The third-order valence-corrected chi connectivity index (χ3v) is 1.38. The van der Waals surface area contributed by atoms with Crippen molar-refractivity contribution in [2.75, 3.05) is 0 Å². The molecule has 1 radical (unpaired) electrons. The highest BCUT2D eigenvalue weighted by atomic mass is 32.1. The first-order chi connectivity index (χ1) is 3.66. The average Bonchev–Trinajstić information content (AvgIpc) is 1.65. The van der Waals surface area contributed by atoms with Gasteiger partial charge in [0, 0.05) is 6.42 Å². The van der Waals surface area contributed by atoms with Crippen molar-refractivity contribution >= 4 is 17.7 Å². The molecule has 0 rings (SSSR count). The zero-order chi connectivity index (χ0) is 6.57. The van der Waals surface area contributed by atoms with Crippen molar-refractivity contribution in [1.29, 1.82) is 0 Å². The van der Waals surface area contributed by atoms with E-state index in [1.165, 1.54) is 0 Å². The van der Waals surface area contributed by atoms with Crippen molar-refractivity contribution in [1.82, 2.24) is 0 Å². The normalized spacial score (nSPS) is 13.2. The summed E-state index contributed by atoms with van der Waals surface area (Å²) in [6.45, 7) is 4.09. The average molecular weight is 131 g/mol. The molecule has 1 unspecified atom stereocenters. The van der Waals surface area contributed by atoms with Crippen LogP contribution < -0.4 is 0 Å². The molecule has 0 aromatic carbocycles. The van der Waals surface area contributed by atoms with Crippen molar-refractivity contribution in [3.8, 4) is 0 Å². The molecule has 0 aliphatic heterocycles. The van der Waals surface area contributed by atoms with Gasteiger partial charge < -0.3 is 0 Å². The summed E-state index contributed by atoms with van der Waals surface area (Å²) in [6, 6.07) is 0. The standard InChI is InChI=1S/C6H11OS/c1-3-5(2)4-6(7)8/h5H,3-4H2,1-2H3. The molecule has 0 spiro atoms. The molecule has 0 amide bonds. The lowest BCUT2D eigenvalue weighted by atomic mass is 10.1. The lowest BCUT2D eigenvalue weighted by Gasteiger charge is -2.00. The maximum absolute atomic E-state index is 10.2. The van der Waals surface area contributed by atoms with Crippen LogP contribution in [0.1, 0.15) is 26.7 Å². The predicted octanol–water partition coefficient (Wildman–Crippen LogP) is 2.15. The number of carbonyl (C=O) groups is 1. The number of carbonyl (C=O) groups excluding carboxylic acids is 1. The second kappa shape index (κ2) is 3.84. The summed E-state index contributed by atoms with van der Waals surface area (Å²) in [5, 5.41) is -0.112. The third-order valence-electron chi connectivity index (χ3n) is 1.21. The van der Waals surface area contributed by atoms with E-state index >= 15 is 0 Å². The number of hydrogen-bond acceptors (Lipinski definition) is 1. The second-order valence-electron chi connectivity index (χ2n) is 2.09. The van der Waals surface area contributed by atoms with Gasteiger partial charge in [-0.25, -0.2) is 0 Å². The lowest BCUT2D eigenvalue weighted by molar-refractivity contribution is -0.111. The molecule has 0 N–H and O–H groups in total. The Kier molecular flexibility index (Phi) is 3.79. The van der Waals surface area contributed by atoms with E-state index in [9.17, 15) is 4.79 Å². The van der Waals surface area contributed by atoms with E-state index in [0.29, 0.717) is 12.3 Å². The maximum atomic E-state index is 10.2. The highest BCUT2D eigenvalue weighted by Crippen LogP contribution is 2.07. The van der Waals surface area contributed by atoms with Gasteiger partial charge in [-0.1, -0.05) is 20.3 Å². The van der Waals surface area contributed by atoms with Crippen LogP contribution in [-0.4, -0.2) is 5.12 Å². The first kappa shape index (κ1) is 7.89. The van der Waals surface area contributed by atoms with Gasteiger partial charge in [0.1, 0.15) is 0 Å². The SMILES string of the molecule is CCC(C)CC(=O)[S]. The van der Waals surface area contributed by atoms with E-state index in [0.717, 1.165) is 6.42 Å². The molecule has 8 heavy (non-hydrogen) atoms. The molecule has 0 saturated heterocycles. The molecule has 1 atom stereocenters. The van der Waals surface area contributed by atoms with Crippen LogP contribution in [0, 0.1) is 5.92 Å². The highest BCUT2D eigenvalue weighted by molar-refractivity contribution is 7.96. The van der Waals surface area contributed by atoms with Crippen molar-refractivity contribution < 1.29 is 4.79 Å². The van der Waals surface area contributed by atoms with E-state index < -0.39 is 0 Å². The minimum absolute atomic E-state index is 0.112. The molecule has 2 heteroatoms. The molecule has 0 heterocycles. The van der Waals surface area contributed by atoms with Crippen LogP contribution in [0.3, 0.4) is 0 Å². The zero-order valence-electron chi connectivity index (χ0n) is 5.31. The Morgan fingerprint density at radius 2 is 2.25 bits per heavy atom. The summed E-state index contributed by atoms with van der Waals surface area (Å²) in [7, 11) is 0. The molecule has 0 aromatic heterocycles. The van der Waals surface area contributed by atoms with Gasteiger partial charge in [0.25, 0.3) is 0 Å². The Morgan fingerprint density at radius 1 is 1.75 bits per heavy atom. The van der Waals surface area contributed by atoms with E-state index in [1.807, 2.05) is 6.92 Å². The quantitative estimate of drug-likeness (QED) is 0.573. The smallest absolute Gasteiger partial charge is 0.218 e. The summed E-state index contributed by atoms with van der Waals surface area (Å²) < 4.78 is 0. The number of hydrogen-bond donors (Lipinski definition) is 0. The van der Waals surface area contributed by atoms with Crippen molar-refractivity contribution in [3.05, 3.63) is 0 Å². The van der Waals surface area contributed by atoms with E-state index in [2.05, 4.69) is 19.6 Å². The highest BCUT2D eigenvalue weighted by Gasteiger charge is 2.02. The van der Waals surface area contributed by atoms with E-state index in [4.69, 9.17) is 0 Å². The molecule has 0 fully saturated rings. The van der Waals surface area contributed by atoms with Crippen LogP contribution in [0.5, 0.6) is 0 Å². The fourth-order valence-corrected chi connectivity index (χ4v) is 0.713. The third kappa shape index (κ3) is 4.06. The van der Waals surface area contributed by atoms with Crippen LogP contribution in [0.2, 0.25) is 0 Å². The molecule has 0 aliphatic carbocycles. The summed E-state index contributed by atoms with van der Waals surface area (Å²) >= 11 is 4.38. The number of rotatable bonds is 3. The monoisotopic (exact) mass is 131 g/mol. The van der Waals surface area contributed by atoms with Crippen LogP contribution >= 0.6 is 12.6 Å². The van der Waals surface area contributed by atoms with E-state index in [1.54, 1.807) is 0 Å². The Balaban J connectivity index is 3.24. The van der Waals surface area contributed by atoms with Gasteiger partial charge in [0.05, 0.1) is 0 Å². The van der Waals surface area contributed by atoms with Crippen LogP contribution in [0.25, 0.3) is 0 Å². The van der Waals surface area contributed by atoms with Crippen molar-refractivity contribution in [3.63, 3.8) is 0 Å². The second-order valence-corrected chi connectivity index (χ2v) is 2.54. The topological polar surface area (TPSA) is 17.1 Å². The van der Waals surface area contributed by atoms with Gasteiger partial charge in [-0.15, -0.1) is 0 Å². The summed E-state index contributed by atoms with van der Waals surface area (Å²) in [5.41, 5.74) is 0. The first-order valence-corrected chi connectivity index (χ1v) is 3.27. The maximum Gasteiger partial charge on any atom is 0.218 e. The Morgan fingerprint density at radius 3 is 2.38 bits per heavy atom. The van der Waals surface area contributed by atoms with Crippen molar-refractivity contribution in [2.45, 2.75) is 26.7 Å². The van der Waals surface area contributed by atoms with Gasteiger partial charge in [-0.2, -0.15) is 0 Å². The molecule has 1 nitrogen and oxygen atoms in total. The van der Waals surface area contributed by atoms with Gasteiger partial charge in [0.2, 0.25) is 5.12 Å². The van der Waals surface area contributed by atoms with E-state index in [-0.39, 0.29) is 5.12 Å². The largest absolute Gasteiger partial charge is 0.282 e. The summed E-state index contributed by atoms with van der Waals surface area (Å²) in [6.07, 6.45) is 1.61. The minimum atomic E-state index is -0.112. The van der Waals surface area contributed by atoms with Crippen LogP contribution in [0.4, 0.5) is 0 Å². The van der Waals surface area contributed by atoms with Crippen molar-refractivity contribution in [2.24, 2.45) is 5.92 Å². The first-order valence-electron chi connectivity index (χ1n) is 2.86. The molecular weight excluding hydrogens is 120 g/mol. The summed E-state index contributed by atoms with van der Waals surface area (Å²) in [5.74, 6) is 0.472. The molecule has 0 aliphatic rings. The summed E-state index contributed by atoms with van der Waals surface area (Å²) in [4.78, 5) is 10.2. The van der Waals surface area contributed by atoms with Crippen LogP contribution in [0.15, 0.2) is 0 Å². The van der Waals surface area contributed by atoms with Gasteiger partial charge >= 0.3 is 0 Å². The predicted molar refractivity (Wildman–Crippen MR) is 36.7 cm³/mol. The molecular formula is C6H11OS. The van der Waals surface area contributed by atoms with Gasteiger partial charge in [0.15, 0.2) is 0 Å². The van der Waals surface area contributed by atoms with Gasteiger partial charge in [-0.05, 0) is 18.5 Å². The fourth-order valence-electron chi connectivity index (χ4n) is 0.429. The zero-order valence-corrected chi connectivity index (χ0v) is 6.12. The van der Waals surface area contributed by atoms with Crippen LogP contribution in [-0.2, 0) is 4.79 Å². The Bertz CT molecular complexity index is 80.6. The Labute approximate surface area is 55.9 Å². The fraction of sp³-hybridized carbons (Fsp3) is 0.833. The molecule has 0 bridgehead atoms. The molecule has 47 valence electrons. The molecule has 0 saturated carbocycles. The Hall–Kier alpha value is -0.110. The van der Waals surface area contributed by atoms with Gasteiger partial charge in [-0.3, -0.25) is 4.79 Å². The minimum Gasteiger partial charge on any atom is -0.282 e. The lowest BCUT2D eigenvalue weighted by Crippen LogP contribution is -1.96.